The molecule has 0 aliphatic rings. The van der Waals surface area contributed by atoms with Gasteiger partial charge in [-0.2, -0.15) is 0 Å². The number of hydrogen-bond acceptors (Lipinski definition) is 5. The molecule has 0 saturated heterocycles. The molecule has 1 N–H and O–H groups in total. The number of carbonyl (C=O) groups excluding carboxylic acids is 2. The van der Waals surface area contributed by atoms with Crippen LogP contribution in [0.5, 0.6) is 0 Å². The van der Waals surface area contributed by atoms with Crippen molar-refractivity contribution in [3.8, 4) is 0 Å². The monoisotopic (exact) mass is 347 g/mol. The van der Waals surface area contributed by atoms with Crippen molar-refractivity contribution in [2.24, 2.45) is 0 Å². The van der Waals surface area contributed by atoms with E-state index in [1.165, 1.54) is 36.4 Å². The van der Waals surface area contributed by atoms with Gasteiger partial charge in [0.15, 0.2) is 0 Å². The molecule has 0 aliphatic heterocycles. The molecule has 0 aliphatic carbocycles. The van der Waals surface area contributed by atoms with Gasteiger partial charge >= 0.3 is 0 Å². The number of non-ortho nitro benzene ring substituents is 1. The molecule has 2 aromatic carbocycles. The van der Waals surface area contributed by atoms with Gasteiger partial charge in [0.05, 0.1) is 11.0 Å². The average molecular weight is 348 g/mol. The highest BCUT2D eigenvalue weighted by atomic mass is 35.5. The highest BCUT2D eigenvalue weighted by Crippen LogP contribution is 2.22. The van der Waals surface area contributed by atoms with Crippen LogP contribution in [0.4, 0.5) is 5.69 Å². The molecule has 7 nitrogen and oxygen atoms in total. The zero-order valence-corrected chi connectivity index (χ0v) is 13.0. The average Bonchev–Trinajstić information content (AvgIpc) is 2.54. The van der Waals surface area contributed by atoms with E-state index in [4.69, 9.17) is 11.6 Å². The summed E-state index contributed by atoms with van der Waals surface area (Å²) in [6, 6.07) is 10.6. The molecule has 2 rings (SSSR count). The molecule has 1 amide bonds. The molecule has 0 unspecified atom stereocenters. The molecule has 2 aromatic rings. The number of halogens is 1. The van der Waals surface area contributed by atoms with Gasteiger partial charge in [0.25, 0.3) is 11.6 Å². The Kier molecular flexibility index (Phi) is 5.49. The SMILES string of the molecule is O=C([O-])C[C@@H](NC(=O)c1cccc(Cl)c1)c1cccc([N+](=O)[O-])c1. The zero-order chi connectivity index (χ0) is 17.7. The van der Waals surface area contributed by atoms with Crippen molar-refractivity contribution in [3.05, 3.63) is 74.8 Å². The van der Waals surface area contributed by atoms with Crippen molar-refractivity contribution < 1.29 is 19.6 Å². The minimum atomic E-state index is -1.39. The van der Waals surface area contributed by atoms with Crippen molar-refractivity contribution in [2.75, 3.05) is 0 Å². The molecule has 0 aromatic heterocycles. The van der Waals surface area contributed by atoms with Gasteiger partial charge in [-0.1, -0.05) is 29.8 Å². The molecule has 0 fully saturated rings. The van der Waals surface area contributed by atoms with Gasteiger partial charge in [0, 0.05) is 35.1 Å². The first-order chi connectivity index (χ1) is 11.4. The standard InChI is InChI=1S/C16H13ClN2O5/c17-12-5-1-4-11(7-12)16(22)18-14(9-15(20)21)10-3-2-6-13(8-10)19(23)24/h1-8,14H,9H2,(H,18,22)(H,20,21)/p-1/t14-/m1/s1. The van der Waals surface area contributed by atoms with Gasteiger partial charge < -0.3 is 15.2 Å². The molecular weight excluding hydrogens is 336 g/mol. The van der Waals surface area contributed by atoms with Crippen LogP contribution in [0.3, 0.4) is 0 Å². The second-order valence-corrected chi connectivity index (χ2v) is 5.40. The molecule has 1 atom stereocenters. The topological polar surface area (TPSA) is 112 Å². The van der Waals surface area contributed by atoms with Crippen molar-refractivity contribution in [1.29, 1.82) is 0 Å². The number of carbonyl (C=O) groups is 2. The number of amides is 1. The van der Waals surface area contributed by atoms with E-state index in [9.17, 15) is 24.8 Å². The van der Waals surface area contributed by atoms with Crippen LogP contribution in [0.2, 0.25) is 5.02 Å². The number of nitrogens with one attached hydrogen (secondary N) is 1. The summed E-state index contributed by atoms with van der Waals surface area (Å²) in [5.74, 6) is -1.94. The van der Waals surface area contributed by atoms with E-state index in [2.05, 4.69) is 5.32 Å². The van der Waals surface area contributed by atoms with Crippen molar-refractivity contribution >= 4 is 29.2 Å². The Balaban J connectivity index is 2.28. The fourth-order valence-corrected chi connectivity index (χ4v) is 2.34. The summed E-state index contributed by atoms with van der Waals surface area (Å²) in [5, 5.41) is 24.7. The van der Waals surface area contributed by atoms with E-state index < -0.39 is 29.3 Å². The van der Waals surface area contributed by atoms with Crippen molar-refractivity contribution in [1.82, 2.24) is 5.32 Å². The van der Waals surface area contributed by atoms with Crippen LogP contribution < -0.4 is 10.4 Å². The molecule has 0 heterocycles. The number of carboxylic acids is 1. The van der Waals surface area contributed by atoms with Crippen LogP contribution in [0, 0.1) is 10.1 Å². The predicted octanol–water partition coefficient (Wildman–Crippen LogP) is 1.86. The molecule has 0 bridgehead atoms. The Morgan fingerprint density at radius 3 is 2.50 bits per heavy atom. The van der Waals surface area contributed by atoms with Gasteiger partial charge in [0.1, 0.15) is 0 Å². The van der Waals surface area contributed by atoms with E-state index >= 15 is 0 Å². The van der Waals surface area contributed by atoms with Gasteiger partial charge in [-0.25, -0.2) is 0 Å². The Hall–Kier alpha value is -2.93. The summed E-state index contributed by atoms with van der Waals surface area (Å²) < 4.78 is 0. The number of hydrogen-bond donors (Lipinski definition) is 1. The quantitative estimate of drug-likeness (QED) is 0.633. The lowest BCUT2D eigenvalue weighted by atomic mass is 10.0. The minimum absolute atomic E-state index is 0.201. The Labute approximate surface area is 142 Å². The maximum absolute atomic E-state index is 12.3. The molecule has 0 spiro atoms. The van der Waals surface area contributed by atoms with E-state index in [1.54, 1.807) is 12.1 Å². The third-order valence-electron chi connectivity index (χ3n) is 3.25. The molecule has 24 heavy (non-hydrogen) atoms. The Bertz CT molecular complexity index is 794. The van der Waals surface area contributed by atoms with Gasteiger partial charge in [-0.05, 0) is 23.8 Å². The zero-order valence-electron chi connectivity index (χ0n) is 12.3. The number of carboxylic acid groups (broad SMARTS) is 1. The third-order valence-corrected chi connectivity index (χ3v) is 3.48. The predicted molar refractivity (Wildman–Crippen MR) is 84.4 cm³/mol. The number of nitro groups is 1. The van der Waals surface area contributed by atoms with Crippen LogP contribution in [0.25, 0.3) is 0 Å². The first-order valence-corrected chi connectivity index (χ1v) is 7.25. The summed E-state index contributed by atoms with van der Waals surface area (Å²) in [4.78, 5) is 33.5. The largest absolute Gasteiger partial charge is 0.550 e. The van der Waals surface area contributed by atoms with Gasteiger partial charge in [-0.3, -0.25) is 14.9 Å². The van der Waals surface area contributed by atoms with Gasteiger partial charge in [0.2, 0.25) is 0 Å². The lowest BCUT2D eigenvalue weighted by Crippen LogP contribution is -2.34. The van der Waals surface area contributed by atoms with E-state index in [0.717, 1.165) is 0 Å². The van der Waals surface area contributed by atoms with Crippen molar-refractivity contribution in [2.45, 2.75) is 12.5 Å². The Morgan fingerprint density at radius 1 is 1.17 bits per heavy atom. The number of aliphatic carboxylic acids is 1. The minimum Gasteiger partial charge on any atom is -0.550 e. The van der Waals surface area contributed by atoms with Crippen LogP contribution in [-0.4, -0.2) is 16.8 Å². The number of nitro benzene ring substituents is 1. The first-order valence-electron chi connectivity index (χ1n) is 6.87. The van der Waals surface area contributed by atoms with Crippen LogP contribution in [-0.2, 0) is 4.79 Å². The Morgan fingerprint density at radius 2 is 1.88 bits per heavy atom. The maximum Gasteiger partial charge on any atom is 0.269 e. The smallest absolute Gasteiger partial charge is 0.269 e. The lowest BCUT2D eigenvalue weighted by molar-refractivity contribution is -0.385. The molecule has 8 heteroatoms. The van der Waals surface area contributed by atoms with E-state index in [-0.39, 0.29) is 11.3 Å². The fraction of sp³-hybridized carbons (Fsp3) is 0.125. The van der Waals surface area contributed by atoms with Crippen LogP contribution in [0.1, 0.15) is 28.4 Å². The summed E-state index contributed by atoms with van der Waals surface area (Å²) in [7, 11) is 0. The number of nitrogens with zero attached hydrogens (tertiary/aromatic N) is 1. The normalized spacial score (nSPS) is 11.5. The summed E-state index contributed by atoms with van der Waals surface area (Å²) in [5.41, 5.74) is 0.341. The maximum atomic E-state index is 12.3. The fourth-order valence-electron chi connectivity index (χ4n) is 2.15. The highest BCUT2D eigenvalue weighted by Gasteiger charge is 2.18. The van der Waals surface area contributed by atoms with Crippen LogP contribution in [0.15, 0.2) is 48.5 Å². The van der Waals surface area contributed by atoms with Crippen molar-refractivity contribution in [3.63, 3.8) is 0 Å². The molecule has 124 valence electrons. The molecular formula is C16H12ClN2O5-. The highest BCUT2D eigenvalue weighted by molar-refractivity contribution is 6.30. The second kappa shape index (κ2) is 7.56. The van der Waals surface area contributed by atoms with Crippen LogP contribution >= 0.6 is 11.6 Å². The third kappa shape index (κ3) is 4.53. The molecule has 0 saturated carbocycles. The summed E-state index contributed by atoms with van der Waals surface area (Å²) >= 11 is 5.82. The van der Waals surface area contributed by atoms with E-state index in [1.807, 2.05) is 0 Å². The second-order valence-electron chi connectivity index (χ2n) is 4.96. The number of rotatable bonds is 6. The summed E-state index contributed by atoms with van der Waals surface area (Å²) in [6.45, 7) is 0. The number of benzene rings is 2. The molecule has 0 radical (unpaired) electrons. The summed E-state index contributed by atoms with van der Waals surface area (Å²) in [6.07, 6.45) is -0.520. The lowest BCUT2D eigenvalue weighted by Gasteiger charge is -2.20. The van der Waals surface area contributed by atoms with Gasteiger partial charge in [-0.15, -0.1) is 0 Å². The first kappa shape index (κ1) is 17.4. The van der Waals surface area contributed by atoms with E-state index in [0.29, 0.717) is 10.6 Å².